The Bertz CT molecular complexity index is 2850. The lowest BCUT2D eigenvalue weighted by Crippen LogP contribution is -2.54. The summed E-state index contributed by atoms with van der Waals surface area (Å²) in [6, 6.07) is 20.3. The van der Waals surface area contributed by atoms with E-state index in [4.69, 9.17) is 0 Å². The highest BCUT2D eigenvalue weighted by Gasteiger charge is 2.49. The summed E-state index contributed by atoms with van der Waals surface area (Å²) in [5, 5.41) is 11.6. The van der Waals surface area contributed by atoms with Gasteiger partial charge < -0.3 is 0 Å². The van der Waals surface area contributed by atoms with Gasteiger partial charge in [-0.3, -0.25) is 0 Å². The van der Waals surface area contributed by atoms with Crippen LogP contribution in [-0.2, 0) is 0 Å². The van der Waals surface area contributed by atoms with E-state index in [1.807, 2.05) is 0 Å². The molecule has 4 aromatic carbocycles. The SMILES string of the molecule is CC(C)[Si](c1cc2c(Br)cc3c(cc(Br)c4cc([Si](C(C)C)(C(C)C)C(C)C)sc43)c2s1)(C(C)C)C(C)C.Cc1cc2c(cc(C)c3cc([Si](C(C)C)(C(C)C)C(C)C)sc32)c2sc([Si](C(C)C)(C(C)C)C(C)C)cc12. The van der Waals surface area contributed by atoms with E-state index in [1.165, 1.54) is 82.0 Å². The van der Waals surface area contributed by atoms with Gasteiger partial charge in [0.05, 0.1) is 0 Å². The van der Waals surface area contributed by atoms with Crippen LogP contribution in [0.25, 0.3) is 61.9 Å². The molecule has 416 valence electrons. The van der Waals surface area contributed by atoms with Gasteiger partial charge in [0.2, 0.25) is 0 Å². The molecule has 0 saturated carbocycles. The average Bonchev–Trinajstić information content (AvgIpc) is 4.11. The van der Waals surface area contributed by atoms with E-state index in [1.54, 1.807) is 18.0 Å². The maximum Gasteiger partial charge on any atom is 0.107 e. The highest BCUT2D eigenvalue weighted by atomic mass is 79.9. The van der Waals surface area contributed by atoms with Crippen molar-refractivity contribution in [1.29, 1.82) is 0 Å². The van der Waals surface area contributed by atoms with Crippen molar-refractivity contribution in [3.05, 3.63) is 68.6 Å². The number of fused-ring (bicyclic) bond motifs is 10. The molecule has 8 aromatic rings. The highest BCUT2D eigenvalue weighted by Crippen LogP contribution is 2.51. The topological polar surface area (TPSA) is 0 Å². The summed E-state index contributed by atoms with van der Waals surface area (Å²) in [6.45, 7) is 64.4. The van der Waals surface area contributed by atoms with Crippen molar-refractivity contribution in [3.8, 4) is 0 Å². The molecule has 10 heteroatoms. The summed E-state index contributed by atoms with van der Waals surface area (Å²) in [6.07, 6.45) is 0. The van der Waals surface area contributed by atoms with Crippen LogP contribution in [0.4, 0.5) is 0 Å². The molecule has 0 aliphatic rings. The van der Waals surface area contributed by atoms with E-state index < -0.39 is 32.3 Å². The van der Waals surface area contributed by atoms with Crippen LogP contribution in [0.2, 0.25) is 66.5 Å². The van der Waals surface area contributed by atoms with Crippen molar-refractivity contribution in [2.75, 3.05) is 0 Å². The third-order valence-electron chi connectivity index (χ3n) is 20.3. The van der Waals surface area contributed by atoms with Crippen molar-refractivity contribution < 1.29 is 0 Å². The summed E-state index contributed by atoms with van der Waals surface area (Å²) >= 11 is 16.6. The zero-order valence-electron chi connectivity index (χ0n) is 51.9. The zero-order chi connectivity index (χ0) is 57.0. The Morgan fingerprint density at radius 2 is 0.421 bits per heavy atom. The van der Waals surface area contributed by atoms with Crippen LogP contribution in [0.5, 0.6) is 0 Å². The number of rotatable bonds is 16. The first kappa shape index (κ1) is 62.7. The maximum absolute atomic E-state index is 4.05. The van der Waals surface area contributed by atoms with Gasteiger partial charge in [0.25, 0.3) is 0 Å². The fraction of sp³-hybridized carbons (Fsp3) is 0.576. The van der Waals surface area contributed by atoms with Gasteiger partial charge in [0, 0.05) is 60.1 Å². The zero-order valence-corrected chi connectivity index (χ0v) is 62.4. The number of hydrogen-bond donors (Lipinski definition) is 0. The highest BCUT2D eigenvalue weighted by molar-refractivity contribution is 9.11. The van der Waals surface area contributed by atoms with Crippen LogP contribution in [0.1, 0.15) is 177 Å². The average molecular weight is 1290 g/mol. The number of hydrogen-bond acceptors (Lipinski definition) is 4. The van der Waals surface area contributed by atoms with Gasteiger partial charge in [0.1, 0.15) is 32.3 Å². The van der Waals surface area contributed by atoms with E-state index >= 15 is 0 Å². The Hall–Kier alpha value is -0.932. The second-order valence-electron chi connectivity index (χ2n) is 27.3. The molecular formula is C66H98Br2S4Si4. The van der Waals surface area contributed by atoms with Crippen molar-refractivity contribution in [1.82, 2.24) is 0 Å². The molecule has 0 fully saturated rings. The molecule has 0 amide bonds. The minimum atomic E-state index is -1.73. The lowest BCUT2D eigenvalue weighted by atomic mass is 10.00. The first-order chi connectivity index (χ1) is 35.2. The monoisotopic (exact) mass is 1290 g/mol. The second-order valence-corrected chi connectivity index (χ2v) is 58.1. The molecule has 0 radical (unpaired) electrons. The molecule has 0 aliphatic carbocycles. The molecular weight excluding hydrogens is 1190 g/mol. The standard InChI is InChI=1S/C34H52S2Si2.C32H46Br2S2Si2/c1-19(2)37(20(3)4,21(5)6)31-17-27-25(13)15-30-29(33(27)35-31)16-26(14)28-18-32(36-34(28)30)38(22(7)8,23(9)10)24(11)12;1-17(2)37(18(3)4,19(5)6)29-15-25-27(33)14-24-23(31(25)35-29)13-28(34)26-16-30(36-32(24)26)38(20(7)8,21(9)10)22(11)12/h15-24H,1-14H3;13-22H,1-12H3. The largest absolute Gasteiger partial charge is 0.144 e. The first-order valence-electron chi connectivity index (χ1n) is 29.5. The van der Waals surface area contributed by atoms with Crippen molar-refractivity contribution in [3.63, 3.8) is 0 Å². The molecule has 0 aliphatic heterocycles. The Balaban J connectivity index is 0.000000221. The van der Waals surface area contributed by atoms with Gasteiger partial charge >= 0.3 is 0 Å². The van der Waals surface area contributed by atoms with Crippen LogP contribution < -0.4 is 18.0 Å². The van der Waals surface area contributed by atoms with E-state index in [0.717, 1.165) is 33.2 Å². The fourth-order valence-corrected chi connectivity index (χ4v) is 59.8. The summed E-state index contributed by atoms with van der Waals surface area (Å²) in [5.74, 6) is 0. The molecule has 0 unspecified atom stereocenters. The second kappa shape index (κ2) is 23.0. The molecule has 4 heterocycles. The lowest BCUT2D eigenvalue weighted by Gasteiger charge is -2.42. The quantitative estimate of drug-likeness (QED) is 0.0846. The van der Waals surface area contributed by atoms with Crippen LogP contribution in [0.15, 0.2) is 57.5 Å². The molecule has 0 atom stereocenters. The molecule has 4 aromatic heterocycles. The van der Waals surface area contributed by atoms with Crippen molar-refractivity contribution in [2.24, 2.45) is 0 Å². The Labute approximate surface area is 499 Å². The van der Waals surface area contributed by atoms with Gasteiger partial charge in [-0.1, -0.05) is 198 Å². The number of halogens is 2. The van der Waals surface area contributed by atoms with Gasteiger partial charge in [-0.25, -0.2) is 0 Å². The number of benzene rings is 4. The molecule has 0 N–H and O–H groups in total. The van der Waals surface area contributed by atoms with Crippen molar-refractivity contribution >= 4 is 189 Å². The summed E-state index contributed by atoms with van der Waals surface area (Å²) in [5.41, 5.74) is 11.6. The van der Waals surface area contributed by atoms with Crippen molar-refractivity contribution in [2.45, 2.75) is 247 Å². The van der Waals surface area contributed by atoms with E-state index in [9.17, 15) is 0 Å². The number of aryl methyl sites for hydroxylation is 2. The maximum atomic E-state index is 4.05. The summed E-state index contributed by atoms with van der Waals surface area (Å²) in [4.78, 5) is 0. The molecule has 0 bridgehead atoms. The molecule has 0 spiro atoms. The fourth-order valence-electron chi connectivity index (χ4n) is 17.6. The van der Waals surface area contributed by atoms with E-state index in [0.29, 0.717) is 33.2 Å². The van der Waals surface area contributed by atoms with Crippen LogP contribution in [0.3, 0.4) is 0 Å². The minimum absolute atomic E-state index is 0.708. The normalized spacial score (nSPS) is 13.9. The van der Waals surface area contributed by atoms with Gasteiger partial charge in [-0.05, 0) is 169 Å². The van der Waals surface area contributed by atoms with Gasteiger partial charge in [-0.2, -0.15) is 0 Å². The number of thiophene rings is 4. The summed E-state index contributed by atoms with van der Waals surface area (Å²) in [7, 11) is -6.85. The summed E-state index contributed by atoms with van der Waals surface area (Å²) < 4.78 is 15.3. The minimum Gasteiger partial charge on any atom is -0.144 e. The van der Waals surface area contributed by atoms with E-state index in [2.05, 4.69) is 306 Å². The Kier molecular flexibility index (Phi) is 19.0. The molecule has 76 heavy (non-hydrogen) atoms. The Morgan fingerprint density at radius 1 is 0.250 bits per heavy atom. The Morgan fingerprint density at radius 3 is 0.618 bits per heavy atom. The van der Waals surface area contributed by atoms with Crippen LogP contribution >= 0.6 is 77.2 Å². The lowest BCUT2D eigenvalue weighted by molar-refractivity contribution is 0.837. The molecule has 8 rings (SSSR count). The predicted octanol–water partition coefficient (Wildman–Crippen LogP) is 24.2. The van der Waals surface area contributed by atoms with Crippen LogP contribution in [0, 0.1) is 13.8 Å². The van der Waals surface area contributed by atoms with Gasteiger partial charge in [0.15, 0.2) is 0 Å². The third-order valence-corrected chi connectivity index (χ3v) is 57.9. The van der Waals surface area contributed by atoms with Crippen LogP contribution in [-0.4, -0.2) is 32.3 Å². The predicted molar refractivity (Wildman–Crippen MR) is 377 cm³/mol. The van der Waals surface area contributed by atoms with Gasteiger partial charge in [-0.15, -0.1) is 45.3 Å². The first-order valence-corrected chi connectivity index (χ1v) is 43.2. The third kappa shape index (κ3) is 9.58. The molecule has 0 saturated heterocycles. The molecule has 0 nitrogen and oxygen atoms in total. The van der Waals surface area contributed by atoms with E-state index in [-0.39, 0.29) is 0 Å². The smallest absolute Gasteiger partial charge is 0.107 e.